The fraction of sp³-hybridized carbons (Fsp3) is 0. The Kier molecular flexibility index (Phi) is 3.52. The normalized spacial score (nSPS) is 11.4. The number of hydrogen-bond donors (Lipinski definition) is 0. The number of benzene rings is 3. The van der Waals surface area contributed by atoms with Crippen molar-refractivity contribution in [1.29, 1.82) is 0 Å². The van der Waals surface area contributed by atoms with Crippen molar-refractivity contribution in [1.82, 2.24) is 0 Å². The molecule has 0 aliphatic carbocycles. The van der Waals surface area contributed by atoms with E-state index in [1.807, 2.05) is 30.3 Å². The van der Waals surface area contributed by atoms with Gasteiger partial charge in [-0.15, -0.1) is 0 Å². The van der Waals surface area contributed by atoms with E-state index < -0.39 is 0 Å². The summed E-state index contributed by atoms with van der Waals surface area (Å²) >= 11 is 13.3. The lowest BCUT2D eigenvalue weighted by Crippen LogP contribution is -1.79. The van der Waals surface area contributed by atoms with Crippen LogP contribution in [0.25, 0.3) is 33.1 Å². The molecule has 0 saturated heterocycles. The van der Waals surface area contributed by atoms with Gasteiger partial charge in [-0.05, 0) is 73.3 Å². The lowest BCUT2D eigenvalue weighted by molar-refractivity contribution is 0.664. The van der Waals surface area contributed by atoms with E-state index in [2.05, 4.69) is 56.1 Å². The molecule has 108 valence electrons. The Morgan fingerprint density at radius 2 is 1.50 bits per heavy atom. The van der Waals surface area contributed by atoms with Gasteiger partial charge in [0.15, 0.2) is 0 Å². The highest BCUT2D eigenvalue weighted by molar-refractivity contribution is 9.11. The molecule has 0 fully saturated rings. The summed E-state index contributed by atoms with van der Waals surface area (Å²) in [4.78, 5) is 0. The summed E-state index contributed by atoms with van der Waals surface area (Å²) < 4.78 is 7.90. The quantitative estimate of drug-likeness (QED) is 0.302. The van der Waals surface area contributed by atoms with Gasteiger partial charge in [-0.25, -0.2) is 0 Å². The maximum atomic E-state index is 6.11. The van der Waals surface area contributed by atoms with Crippen molar-refractivity contribution in [3.63, 3.8) is 0 Å². The first kappa shape index (κ1) is 14.3. The summed E-state index contributed by atoms with van der Waals surface area (Å²) in [6, 6.07) is 18.1. The fourth-order valence-electron chi connectivity index (χ4n) is 2.66. The van der Waals surface area contributed by atoms with Crippen molar-refractivity contribution < 1.29 is 4.42 Å². The van der Waals surface area contributed by atoms with E-state index in [1.54, 1.807) is 0 Å². The molecule has 1 heterocycles. The summed E-state index contributed by atoms with van der Waals surface area (Å²) in [6.45, 7) is 0. The standard InChI is InChI=1S/C18H9Br2ClO/c19-15-6-2-5-13-14-8-11(10-3-1-4-12(21)7-10)9-16(20)18(14)22-17(13)15/h1-9H. The summed E-state index contributed by atoms with van der Waals surface area (Å²) in [7, 11) is 0. The summed E-state index contributed by atoms with van der Waals surface area (Å²) in [5.74, 6) is 0. The minimum Gasteiger partial charge on any atom is -0.454 e. The molecule has 4 rings (SSSR count). The van der Waals surface area contributed by atoms with Crippen molar-refractivity contribution in [3.05, 3.63) is 68.6 Å². The molecule has 0 aliphatic heterocycles. The van der Waals surface area contributed by atoms with Crippen LogP contribution in [0.4, 0.5) is 0 Å². The number of fused-ring (bicyclic) bond motifs is 3. The van der Waals surface area contributed by atoms with Gasteiger partial charge in [-0.1, -0.05) is 35.9 Å². The highest BCUT2D eigenvalue weighted by Gasteiger charge is 2.14. The molecule has 0 amide bonds. The summed E-state index contributed by atoms with van der Waals surface area (Å²) in [5.41, 5.74) is 3.90. The lowest BCUT2D eigenvalue weighted by Gasteiger charge is -2.04. The molecular weight excluding hydrogens is 427 g/mol. The fourth-order valence-corrected chi connectivity index (χ4v) is 3.84. The van der Waals surface area contributed by atoms with Crippen LogP contribution in [0.3, 0.4) is 0 Å². The predicted octanol–water partition coefficient (Wildman–Crippen LogP) is 7.43. The van der Waals surface area contributed by atoms with Crippen molar-refractivity contribution in [2.45, 2.75) is 0 Å². The monoisotopic (exact) mass is 434 g/mol. The molecule has 4 heteroatoms. The number of halogens is 3. The van der Waals surface area contributed by atoms with Crippen LogP contribution >= 0.6 is 43.5 Å². The van der Waals surface area contributed by atoms with E-state index in [4.69, 9.17) is 16.0 Å². The van der Waals surface area contributed by atoms with Gasteiger partial charge >= 0.3 is 0 Å². The molecule has 0 N–H and O–H groups in total. The van der Waals surface area contributed by atoms with E-state index in [0.29, 0.717) is 0 Å². The summed E-state index contributed by atoms with van der Waals surface area (Å²) in [6.07, 6.45) is 0. The molecular formula is C18H9Br2ClO. The molecule has 0 aliphatic rings. The topological polar surface area (TPSA) is 13.1 Å². The van der Waals surface area contributed by atoms with Crippen molar-refractivity contribution in [3.8, 4) is 11.1 Å². The first-order valence-electron chi connectivity index (χ1n) is 6.70. The van der Waals surface area contributed by atoms with Crippen LogP contribution in [-0.4, -0.2) is 0 Å². The number of rotatable bonds is 1. The molecule has 1 aromatic heterocycles. The van der Waals surface area contributed by atoms with Gasteiger partial charge in [0.25, 0.3) is 0 Å². The molecule has 0 unspecified atom stereocenters. The number of furan rings is 1. The van der Waals surface area contributed by atoms with E-state index in [9.17, 15) is 0 Å². The third-order valence-corrected chi connectivity index (χ3v) is 5.11. The molecule has 4 aromatic rings. The zero-order chi connectivity index (χ0) is 15.3. The molecule has 0 radical (unpaired) electrons. The molecule has 0 saturated carbocycles. The lowest BCUT2D eigenvalue weighted by atomic mass is 10.0. The van der Waals surface area contributed by atoms with Crippen LogP contribution in [0, 0.1) is 0 Å². The van der Waals surface area contributed by atoms with Crippen LogP contribution in [0.15, 0.2) is 68.0 Å². The third-order valence-electron chi connectivity index (χ3n) is 3.66. The Labute approximate surface area is 149 Å². The number of hydrogen-bond acceptors (Lipinski definition) is 1. The molecule has 0 bridgehead atoms. The second-order valence-corrected chi connectivity index (χ2v) is 7.21. The third kappa shape index (κ3) is 2.28. The maximum absolute atomic E-state index is 6.11. The first-order chi connectivity index (χ1) is 10.6. The van der Waals surface area contributed by atoms with Gasteiger partial charge in [0.05, 0.1) is 8.95 Å². The van der Waals surface area contributed by atoms with E-state index >= 15 is 0 Å². The van der Waals surface area contributed by atoms with Gasteiger partial charge in [0.1, 0.15) is 11.2 Å². The zero-order valence-electron chi connectivity index (χ0n) is 11.2. The van der Waals surface area contributed by atoms with Crippen molar-refractivity contribution >= 4 is 65.4 Å². The SMILES string of the molecule is Clc1cccc(-c2cc(Br)c3oc4c(Br)cccc4c3c2)c1. The first-order valence-corrected chi connectivity index (χ1v) is 8.66. The Bertz CT molecular complexity index is 1020. The second kappa shape index (κ2) is 5.41. The van der Waals surface area contributed by atoms with Gasteiger partial charge in [0, 0.05) is 15.8 Å². The van der Waals surface area contributed by atoms with Crippen LogP contribution in [0.2, 0.25) is 5.02 Å². The highest BCUT2D eigenvalue weighted by atomic mass is 79.9. The van der Waals surface area contributed by atoms with Gasteiger partial charge in [-0.3, -0.25) is 0 Å². The van der Waals surface area contributed by atoms with E-state index in [0.717, 1.165) is 47.0 Å². The molecule has 0 atom stereocenters. The average Bonchev–Trinajstić information content (AvgIpc) is 2.88. The summed E-state index contributed by atoms with van der Waals surface area (Å²) in [5, 5.41) is 2.91. The Morgan fingerprint density at radius 1 is 0.727 bits per heavy atom. The van der Waals surface area contributed by atoms with Crippen molar-refractivity contribution in [2.24, 2.45) is 0 Å². The van der Waals surface area contributed by atoms with Gasteiger partial charge in [-0.2, -0.15) is 0 Å². The van der Waals surface area contributed by atoms with Crippen molar-refractivity contribution in [2.75, 3.05) is 0 Å². The number of para-hydroxylation sites is 1. The zero-order valence-corrected chi connectivity index (χ0v) is 15.2. The van der Waals surface area contributed by atoms with E-state index in [-0.39, 0.29) is 0 Å². The van der Waals surface area contributed by atoms with Crippen LogP contribution in [-0.2, 0) is 0 Å². The second-order valence-electron chi connectivity index (χ2n) is 5.06. The van der Waals surface area contributed by atoms with Crippen LogP contribution in [0.1, 0.15) is 0 Å². The Hall–Kier alpha value is -1.29. The molecule has 22 heavy (non-hydrogen) atoms. The smallest absolute Gasteiger partial charge is 0.149 e. The minimum absolute atomic E-state index is 0.730. The Morgan fingerprint density at radius 3 is 2.32 bits per heavy atom. The molecule has 1 nitrogen and oxygen atoms in total. The van der Waals surface area contributed by atoms with Gasteiger partial charge < -0.3 is 4.42 Å². The molecule has 3 aromatic carbocycles. The maximum Gasteiger partial charge on any atom is 0.149 e. The van der Waals surface area contributed by atoms with E-state index in [1.165, 1.54) is 0 Å². The minimum atomic E-state index is 0.730. The predicted molar refractivity (Wildman–Crippen MR) is 99.6 cm³/mol. The molecule has 0 spiro atoms. The van der Waals surface area contributed by atoms with Crippen LogP contribution < -0.4 is 0 Å². The Balaban J connectivity index is 2.07. The average molecular weight is 437 g/mol. The van der Waals surface area contributed by atoms with Gasteiger partial charge in [0.2, 0.25) is 0 Å². The highest BCUT2D eigenvalue weighted by Crippen LogP contribution is 2.39. The largest absolute Gasteiger partial charge is 0.454 e. The van der Waals surface area contributed by atoms with Crippen LogP contribution in [0.5, 0.6) is 0 Å².